The zero-order chi connectivity index (χ0) is 24.7. The number of carbonyl (C=O) groups excluding carboxylic acids is 2. The van der Waals surface area contributed by atoms with Gasteiger partial charge in [-0.2, -0.15) is 0 Å². The average Bonchev–Trinajstić information content (AvgIpc) is 3.01. The Kier molecular flexibility index (Phi) is 6.13. The lowest BCUT2D eigenvalue weighted by Gasteiger charge is -2.24. The van der Waals surface area contributed by atoms with E-state index in [-0.39, 0.29) is 18.6 Å². The number of carbonyl (C=O) groups is 2. The van der Waals surface area contributed by atoms with Gasteiger partial charge < -0.3 is 15.2 Å². The molecule has 6 heteroatoms. The maximum absolute atomic E-state index is 13.3. The molecule has 3 aromatic carbocycles. The number of aliphatic hydroxyl groups excluding tert-OH is 1. The monoisotopic (exact) mass is 460 g/mol. The van der Waals surface area contributed by atoms with Crippen molar-refractivity contribution in [3.8, 4) is 5.75 Å². The molecule has 1 aliphatic heterocycles. The number of nitrogens with one attached hydrogen (secondary N) is 1. The van der Waals surface area contributed by atoms with Crippen molar-refractivity contribution in [3.63, 3.8) is 0 Å². The Balaban J connectivity index is 1.43. The van der Waals surface area contributed by atoms with Crippen molar-refractivity contribution in [2.45, 2.75) is 51.7 Å². The van der Waals surface area contributed by atoms with E-state index < -0.39 is 23.6 Å². The Morgan fingerprint density at radius 2 is 1.74 bits per heavy atom. The first-order chi connectivity index (χ1) is 16.0. The Hall–Kier alpha value is -3.38. The van der Waals surface area contributed by atoms with Gasteiger partial charge in [0, 0.05) is 0 Å². The fourth-order valence-corrected chi connectivity index (χ4v) is 4.29. The van der Waals surface area contributed by atoms with Gasteiger partial charge in [0.05, 0.1) is 6.54 Å². The van der Waals surface area contributed by atoms with Crippen molar-refractivity contribution < 1.29 is 19.4 Å². The molecule has 0 aromatic heterocycles. The van der Waals surface area contributed by atoms with Gasteiger partial charge in [-0.1, -0.05) is 69.3 Å². The number of hydrogen-bond acceptors (Lipinski definition) is 4. The van der Waals surface area contributed by atoms with E-state index in [1.165, 1.54) is 5.56 Å². The lowest BCUT2D eigenvalue weighted by atomic mass is 9.86. The third-order valence-electron chi connectivity index (χ3n) is 6.47. The van der Waals surface area contributed by atoms with Crippen molar-refractivity contribution in [2.75, 3.05) is 13.2 Å². The average molecular weight is 461 g/mol. The molecule has 0 aliphatic carbocycles. The summed E-state index contributed by atoms with van der Waals surface area (Å²) in [5.74, 6) is 0.280. The molecule has 1 fully saturated rings. The van der Waals surface area contributed by atoms with E-state index >= 15 is 0 Å². The number of ether oxygens (including phenoxy) is 1. The fraction of sp³-hybridized carbons (Fsp3) is 0.357. The van der Waals surface area contributed by atoms with Crippen LogP contribution in [0.3, 0.4) is 0 Å². The number of aliphatic hydroxyl groups is 1. The van der Waals surface area contributed by atoms with Crippen molar-refractivity contribution in [1.82, 2.24) is 10.2 Å². The van der Waals surface area contributed by atoms with Crippen LogP contribution in [0.1, 0.15) is 44.4 Å². The molecule has 4 rings (SSSR count). The highest BCUT2D eigenvalue weighted by Gasteiger charge is 2.49. The van der Waals surface area contributed by atoms with Crippen molar-refractivity contribution in [2.24, 2.45) is 0 Å². The van der Waals surface area contributed by atoms with Gasteiger partial charge in [0.15, 0.2) is 0 Å². The van der Waals surface area contributed by atoms with E-state index in [0.717, 1.165) is 21.2 Å². The van der Waals surface area contributed by atoms with Crippen LogP contribution in [-0.2, 0) is 15.7 Å². The Bertz CT molecular complexity index is 1250. The predicted molar refractivity (Wildman–Crippen MR) is 133 cm³/mol. The molecule has 6 nitrogen and oxygen atoms in total. The maximum atomic E-state index is 13.3. The molecule has 1 heterocycles. The second-order valence-corrected chi connectivity index (χ2v) is 10.2. The smallest absolute Gasteiger partial charge is 0.325 e. The molecule has 0 radical (unpaired) electrons. The number of imide groups is 1. The van der Waals surface area contributed by atoms with Gasteiger partial charge >= 0.3 is 6.03 Å². The molecule has 34 heavy (non-hydrogen) atoms. The zero-order valence-corrected chi connectivity index (χ0v) is 20.4. The molecule has 178 valence electrons. The summed E-state index contributed by atoms with van der Waals surface area (Å²) in [6.07, 6.45) is -1.02. The van der Waals surface area contributed by atoms with Crippen LogP contribution in [0, 0.1) is 6.92 Å². The van der Waals surface area contributed by atoms with Gasteiger partial charge in [-0.05, 0) is 58.9 Å². The van der Waals surface area contributed by atoms with Crippen LogP contribution >= 0.6 is 0 Å². The van der Waals surface area contributed by atoms with Gasteiger partial charge in [0.1, 0.15) is 24.0 Å². The summed E-state index contributed by atoms with van der Waals surface area (Å²) in [6.45, 7) is 9.93. The van der Waals surface area contributed by atoms with E-state index in [9.17, 15) is 14.7 Å². The van der Waals surface area contributed by atoms with Crippen molar-refractivity contribution >= 4 is 22.7 Å². The second-order valence-electron chi connectivity index (χ2n) is 10.2. The normalized spacial score (nSPS) is 19.4. The number of hydrogen-bond donors (Lipinski definition) is 2. The van der Waals surface area contributed by atoms with Gasteiger partial charge in [-0.3, -0.25) is 9.69 Å². The van der Waals surface area contributed by atoms with Crippen LogP contribution in [0.5, 0.6) is 5.75 Å². The number of amides is 3. The second kappa shape index (κ2) is 8.76. The number of β-amino-alcohol motifs (C(OH)–C–C–N with tert-alkyl or cyclic N) is 1. The fourth-order valence-electron chi connectivity index (χ4n) is 4.29. The topological polar surface area (TPSA) is 78.9 Å². The maximum Gasteiger partial charge on any atom is 0.325 e. The Labute approximate surface area is 200 Å². The van der Waals surface area contributed by atoms with E-state index in [4.69, 9.17) is 4.74 Å². The number of nitrogens with zero attached hydrogens (tertiary/aromatic N) is 1. The first-order valence-corrected chi connectivity index (χ1v) is 11.5. The first-order valence-electron chi connectivity index (χ1n) is 11.5. The SMILES string of the molecule is Cc1cc(C(C)(C)C)ccc1OCC(O)CN1C(=O)NC(C)(c2ccc3ccccc3c2)C1=O. The molecular formula is C28H32N2O4. The quantitative estimate of drug-likeness (QED) is 0.525. The van der Waals surface area contributed by atoms with Crippen LogP contribution in [0.4, 0.5) is 4.79 Å². The number of urea groups is 1. The zero-order valence-electron chi connectivity index (χ0n) is 20.4. The molecule has 1 saturated heterocycles. The molecule has 1 aliphatic rings. The molecule has 3 amide bonds. The number of aryl methyl sites for hydroxylation is 1. The van der Waals surface area contributed by atoms with E-state index in [0.29, 0.717) is 11.3 Å². The van der Waals surface area contributed by atoms with Gasteiger partial charge in [-0.15, -0.1) is 0 Å². The van der Waals surface area contributed by atoms with E-state index in [1.54, 1.807) is 6.92 Å². The van der Waals surface area contributed by atoms with Crippen LogP contribution in [0.25, 0.3) is 10.8 Å². The van der Waals surface area contributed by atoms with Crippen molar-refractivity contribution in [3.05, 3.63) is 77.4 Å². The van der Waals surface area contributed by atoms with Crippen LogP contribution < -0.4 is 10.1 Å². The van der Waals surface area contributed by atoms with Crippen molar-refractivity contribution in [1.29, 1.82) is 0 Å². The van der Waals surface area contributed by atoms with E-state index in [2.05, 4.69) is 32.2 Å². The third-order valence-corrected chi connectivity index (χ3v) is 6.47. The summed E-state index contributed by atoms with van der Waals surface area (Å²) >= 11 is 0. The number of rotatable bonds is 6. The predicted octanol–water partition coefficient (Wildman–Crippen LogP) is 4.65. The van der Waals surface area contributed by atoms with E-state index in [1.807, 2.05) is 61.5 Å². The standard InChI is InChI=1S/C28H32N2O4/c1-18-14-21(27(2,3)4)12-13-24(18)34-17-23(31)16-30-25(32)28(5,29-26(30)33)22-11-10-19-8-6-7-9-20(19)15-22/h6-15,23,31H,16-17H2,1-5H3,(H,29,33). The molecule has 2 atom stereocenters. The highest BCUT2D eigenvalue weighted by Crippen LogP contribution is 2.31. The van der Waals surface area contributed by atoms with Gasteiger partial charge in [-0.25, -0.2) is 4.79 Å². The number of benzene rings is 3. The van der Waals surface area contributed by atoms with Crippen LogP contribution in [0.2, 0.25) is 0 Å². The minimum atomic E-state index is -1.19. The summed E-state index contributed by atoms with van der Waals surface area (Å²) in [7, 11) is 0. The minimum absolute atomic E-state index is 0.0283. The lowest BCUT2D eigenvalue weighted by Crippen LogP contribution is -2.42. The first kappa shape index (κ1) is 23.8. The van der Waals surface area contributed by atoms with Crippen LogP contribution in [-0.4, -0.2) is 41.2 Å². The molecule has 0 saturated carbocycles. The minimum Gasteiger partial charge on any atom is -0.491 e. The molecule has 2 N–H and O–H groups in total. The highest BCUT2D eigenvalue weighted by molar-refractivity contribution is 6.07. The summed E-state index contributed by atoms with van der Waals surface area (Å²) in [4.78, 5) is 27.0. The molecular weight excluding hydrogens is 428 g/mol. The molecule has 0 bridgehead atoms. The third kappa shape index (κ3) is 4.50. The van der Waals surface area contributed by atoms with Crippen LogP contribution in [0.15, 0.2) is 60.7 Å². The highest BCUT2D eigenvalue weighted by atomic mass is 16.5. The summed E-state index contributed by atoms with van der Waals surface area (Å²) < 4.78 is 5.81. The molecule has 2 unspecified atom stereocenters. The van der Waals surface area contributed by atoms with Gasteiger partial charge in [0.2, 0.25) is 0 Å². The summed E-state index contributed by atoms with van der Waals surface area (Å²) in [5, 5.41) is 15.4. The number of fused-ring (bicyclic) bond motifs is 1. The largest absolute Gasteiger partial charge is 0.491 e. The molecule has 3 aromatic rings. The molecule has 0 spiro atoms. The summed E-state index contributed by atoms with van der Waals surface area (Å²) in [6, 6.07) is 19.0. The Morgan fingerprint density at radius 1 is 1.03 bits per heavy atom. The lowest BCUT2D eigenvalue weighted by molar-refractivity contribution is -0.132. The Morgan fingerprint density at radius 3 is 2.41 bits per heavy atom. The summed E-state index contributed by atoms with van der Waals surface area (Å²) in [5.41, 5.74) is 1.71. The van der Waals surface area contributed by atoms with Gasteiger partial charge in [0.25, 0.3) is 5.91 Å².